The Morgan fingerprint density at radius 1 is 0.805 bits per heavy atom. The number of carbonyl (C=O) groups is 6. The number of carbonyl (C=O) groups excluding carboxylic acids is 6. The van der Waals surface area contributed by atoms with Gasteiger partial charge in [-0.05, 0) is 63.7 Å². The van der Waals surface area contributed by atoms with Crippen LogP contribution in [0.25, 0.3) is 0 Å². The Morgan fingerprint density at radius 2 is 1.46 bits per heavy atom. The second kappa shape index (κ2) is 14.8. The van der Waals surface area contributed by atoms with Gasteiger partial charge in [0.15, 0.2) is 0 Å². The van der Waals surface area contributed by atoms with Crippen LogP contribution in [0.1, 0.15) is 103 Å². The minimum atomic E-state index is -1.18. The third-order valence-electron chi connectivity index (χ3n) is 9.09. The van der Waals surface area contributed by atoms with E-state index in [1.165, 1.54) is 0 Å². The molecule has 1 aliphatic heterocycles. The molecule has 5 amide bonds. The highest BCUT2D eigenvalue weighted by molar-refractivity contribution is 6.38. The van der Waals surface area contributed by atoms with E-state index >= 15 is 0 Å². The minimum absolute atomic E-state index is 0.00852. The molecule has 11 heteroatoms. The molecule has 0 aromatic carbocycles. The molecule has 0 radical (unpaired) electrons. The summed E-state index contributed by atoms with van der Waals surface area (Å²) in [6, 6.07) is -2.87. The number of amides is 5. The fourth-order valence-corrected chi connectivity index (χ4v) is 6.44. The summed E-state index contributed by atoms with van der Waals surface area (Å²) in [4.78, 5) is 78.2. The zero-order valence-corrected chi connectivity index (χ0v) is 24.3. The molecule has 1 heterocycles. The van der Waals surface area contributed by atoms with E-state index in [-0.39, 0.29) is 42.0 Å². The standard InChI is InChI=1S/C30H47N5O6/c1-2-8-22(33-29(40)24(18-9-6-7-10-18)35-27(38)19-11-4-3-5-12-19)28(39)34-23(17-20-15-16-31-26(20)37)25(36)30(41)32-21-13-14-21/h18-24H,2-17H2,1H3,(H,31,37)(H,32,41)(H,33,40)(H,34,39)(H,35,38)/t20-,22-,23-,24+/m0/s1. The maximum Gasteiger partial charge on any atom is 0.289 e. The van der Waals surface area contributed by atoms with Gasteiger partial charge >= 0.3 is 0 Å². The van der Waals surface area contributed by atoms with Crippen LogP contribution in [0, 0.1) is 17.8 Å². The summed E-state index contributed by atoms with van der Waals surface area (Å²) in [7, 11) is 0. The predicted octanol–water partition coefficient (Wildman–Crippen LogP) is 1.39. The van der Waals surface area contributed by atoms with Crippen LogP contribution in [-0.2, 0) is 28.8 Å². The van der Waals surface area contributed by atoms with Crippen LogP contribution in [0.3, 0.4) is 0 Å². The molecule has 0 aromatic rings. The van der Waals surface area contributed by atoms with Crippen LogP contribution in [0.15, 0.2) is 0 Å². The lowest BCUT2D eigenvalue weighted by Gasteiger charge is -2.29. The smallest absolute Gasteiger partial charge is 0.289 e. The fraction of sp³-hybridized carbons (Fsp3) is 0.800. The number of hydrogen-bond donors (Lipinski definition) is 5. The van der Waals surface area contributed by atoms with Crippen molar-refractivity contribution in [2.45, 2.75) is 127 Å². The molecule has 4 aliphatic rings. The van der Waals surface area contributed by atoms with Crippen molar-refractivity contribution < 1.29 is 28.8 Å². The summed E-state index contributed by atoms with van der Waals surface area (Å²) in [6.45, 7) is 2.37. The Kier molecular flexibility index (Phi) is 11.2. The SMILES string of the molecule is CCC[C@H](NC(=O)[C@H](NC(=O)C1CCCCC1)C1CCCC1)C(=O)N[C@@H](C[C@@H]1CCNC1=O)C(=O)C(=O)NC1CC1. The van der Waals surface area contributed by atoms with Crippen LogP contribution < -0.4 is 26.6 Å². The van der Waals surface area contributed by atoms with Gasteiger partial charge in [-0.1, -0.05) is 45.4 Å². The summed E-state index contributed by atoms with van der Waals surface area (Å²) < 4.78 is 0. The summed E-state index contributed by atoms with van der Waals surface area (Å²) in [6.07, 6.45) is 11.5. The van der Waals surface area contributed by atoms with Crippen molar-refractivity contribution in [1.29, 1.82) is 0 Å². The molecule has 11 nitrogen and oxygen atoms in total. The number of hydrogen-bond acceptors (Lipinski definition) is 6. The van der Waals surface area contributed by atoms with Gasteiger partial charge in [0.1, 0.15) is 12.1 Å². The van der Waals surface area contributed by atoms with E-state index in [9.17, 15) is 28.8 Å². The average Bonchev–Trinajstić information content (AvgIpc) is 3.43. The number of nitrogens with one attached hydrogen (secondary N) is 5. The quantitative estimate of drug-likeness (QED) is 0.197. The van der Waals surface area contributed by atoms with Gasteiger partial charge in [-0.15, -0.1) is 0 Å². The van der Waals surface area contributed by atoms with Crippen molar-refractivity contribution in [3.8, 4) is 0 Å². The minimum Gasteiger partial charge on any atom is -0.356 e. The van der Waals surface area contributed by atoms with Crippen LogP contribution in [0.5, 0.6) is 0 Å². The summed E-state index contributed by atoms with van der Waals surface area (Å²) in [5.41, 5.74) is 0. The summed E-state index contributed by atoms with van der Waals surface area (Å²) in [5.74, 6) is -3.36. The van der Waals surface area contributed by atoms with Gasteiger partial charge in [-0.2, -0.15) is 0 Å². The number of Topliss-reactive ketones (excluding diaryl/α,β-unsaturated/α-hetero) is 1. The summed E-state index contributed by atoms with van der Waals surface area (Å²) >= 11 is 0. The first-order valence-corrected chi connectivity index (χ1v) is 15.8. The van der Waals surface area contributed by atoms with E-state index in [4.69, 9.17) is 0 Å². The first kappa shape index (κ1) is 31.0. The highest BCUT2D eigenvalue weighted by Gasteiger charge is 2.39. The zero-order chi connectivity index (χ0) is 29.4. The molecule has 0 bridgehead atoms. The first-order chi connectivity index (χ1) is 19.8. The van der Waals surface area contributed by atoms with Crippen LogP contribution in [-0.4, -0.2) is 66.0 Å². The molecular formula is C30H47N5O6. The van der Waals surface area contributed by atoms with E-state index in [0.29, 0.717) is 25.8 Å². The lowest BCUT2D eigenvalue weighted by Crippen LogP contribution is -2.58. The van der Waals surface area contributed by atoms with E-state index in [1.807, 2.05) is 6.92 Å². The van der Waals surface area contributed by atoms with Crippen molar-refractivity contribution in [1.82, 2.24) is 26.6 Å². The van der Waals surface area contributed by atoms with Gasteiger partial charge in [0, 0.05) is 24.4 Å². The third kappa shape index (κ3) is 8.75. The fourth-order valence-electron chi connectivity index (χ4n) is 6.44. The molecule has 4 fully saturated rings. The van der Waals surface area contributed by atoms with E-state index in [0.717, 1.165) is 70.6 Å². The second-order valence-corrected chi connectivity index (χ2v) is 12.4. The van der Waals surface area contributed by atoms with Gasteiger partial charge in [0.2, 0.25) is 29.4 Å². The van der Waals surface area contributed by atoms with Crippen molar-refractivity contribution in [2.75, 3.05) is 6.54 Å². The van der Waals surface area contributed by atoms with Gasteiger partial charge in [0.25, 0.3) is 5.91 Å². The lowest BCUT2D eigenvalue weighted by molar-refractivity contribution is -0.141. The molecule has 5 N–H and O–H groups in total. The highest BCUT2D eigenvalue weighted by atomic mass is 16.2. The largest absolute Gasteiger partial charge is 0.356 e. The van der Waals surface area contributed by atoms with E-state index in [1.54, 1.807) is 0 Å². The topological polar surface area (TPSA) is 163 Å². The molecule has 0 unspecified atom stereocenters. The Bertz CT molecular complexity index is 986. The van der Waals surface area contributed by atoms with Crippen molar-refractivity contribution >= 4 is 35.3 Å². The highest BCUT2D eigenvalue weighted by Crippen LogP contribution is 2.29. The number of ketones is 1. The van der Waals surface area contributed by atoms with E-state index < -0.39 is 41.6 Å². The lowest BCUT2D eigenvalue weighted by atomic mass is 9.87. The molecule has 41 heavy (non-hydrogen) atoms. The molecular weight excluding hydrogens is 526 g/mol. The Hall–Kier alpha value is -2.98. The predicted molar refractivity (Wildman–Crippen MR) is 151 cm³/mol. The number of rotatable bonds is 14. The van der Waals surface area contributed by atoms with Gasteiger partial charge < -0.3 is 26.6 Å². The molecule has 0 aromatic heterocycles. The normalized spacial score (nSPS) is 23.6. The monoisotopic (exact) mass is 573 g/mol. The maximum absolute atomic E-state index is 13.6. The van der Waals surface area contributed by atoms with E-state index in [2.05, 4.69) is 26.6 Å². The van der Waals surface area contributed by atoms with Gasteiger partial charge in [-0.3, -0.25) is 28.8 Å². The molecule has 3 aliphatic carbocycles. The van der Waals surface area contributed by atoms with Crippen molar-refractivity contribution in [3.05, 3.63) is 0 Å². The Labute approximate surface area is 242 Å². The molecule has 228 valence electrons. The van der Waals surface area contributed by atoms with Gasteiger partial charge in [0.05, 0.1) is 6.04 Å². The molecule has 0 spiro atoms. The molecule has 3 saturated carbocycles. The summed E-state index contributed by atoms with van der Waals surface area (Å²) in [5, 5.41) is 14.0. The average molecular weight is 574 g/mol. The van der Waals surface area contributed by atoms with Crippen molar-refractivity contribution in [2.24, 2.45) is 17.8 Å². The first-order valence-electron chi connectivity index (χ1n) is 15.8. The van der Waals surface area contributed by atoms with Gasteiger partial charge in [-0.25, -0.2) is 0 Å². The molecule has 4 atom stereocenters. The van der Waals surface area contributed by atoms with Crippen molar-refractivity contribution in [3.63, 3.8) is 0 Å². The molecule has 1 saturated heterocycles. The Balaban J connectivity index is 1.43. The third-order valence-corrected chi connectivity index (χ3v) is 9.09. The molecule has 4 rings (SSSR count). The van der Waals surface area contributed by atoms with Crippen LogP contribution in [0.2, 0.25) is 0 Å². The second-order valence-electron chi connectivity index (χ2n) is 12.4. The van der Waals surface area contributed by atoms with Crippen LogP contribution >= 0.6 is 0 Å². The Morgan fingerprint density at radius 3 is 2.07 bits per heavy atom. The van der Waals surface area contributed by atoms with Crippen LogP contribution in [0.4, 0.5) is 0 Å². The maximum atomic E-state index is 13.6. The zero-order valence-electron chi connectivity index (χ0n) is 24.3.